The molecule has 0 aromatic rings. The maximum Gasteiger partial charge on any atom is 0.224 e. The van der Waals surface area contributed by atoms with E-state index < -0.39 is 0 Å². The number of carbonyl (C=O) groups is 1. The predicted molar refractivity (Wildman–Crippen MR) is 86.1 cm³/mol. The predicted octanol–water partition coefficient (Wildman–Crippen LogP) is 0.648. The highest BCUT2D eigenvalue weighted by Crippen LogP contribution is 2.21. The summed E-state index contributed by atoms with van der Waals surface area (Å²) >= 11 is 0. The molecular weight excluding hydrogens is 264 g/mol. The van der Waals surface area contributed by atoms with Crippen LogP contribution in [0.5, 0.6) is 0 Å². The molecule has 5 heteroatoms. The number of nitrogens with one attached hydrogen (secondary N) is 1. The molecule has 2 aliphatic rings. The summed E-state index contributed by atoms with van der Waals surface area (Å²) in [6.45, 7) is 5.58. The van der Waals surface area contributed by atoms with Crippen molar-refractivity contribution in [1.29, 1.82) is 0 Å². The van der Waals surface area contributed by atoms with E-state index in [1.807, 2.05) is 0 Å². The molecule has 122 valence electrons. The fraction of sp³-hybridized carbons (Fsp3) is 0.938. The van der Waals surface area contributed by atoms with Crippen LogP contribution in [0, 0.1) is 5.92 Å². The summed E-state index contributed by atoms with van der Waals surface area (Å²) in [4.78, 5) is 17.1. The molecule has 2 rings (SSSR count). The third-order valence-electron chi connectivity index (χ3n) is 5.02. The van der Waals surface area contributed by atoms with Gasteiger partial charge >= 0.3 is 0 Å². The molecule has 21 heavy (non-hydrogen) atoms. The van der Waals surface area contributed by atoms with Gasteiger partial charge in [-0.25, -0.2) is 0 Å². The van der Waals surface area contributed by atoms with Crippen LogP contribution in [-0.2, 0) is 4.79 Å². The number of nitrogens with two attached hydrogens (primary N) is 1. The van der Waals surface area contributed by atoms with Crippen molar-refractivity contribution >= 4 is 5.91 Å². The van der Waals surface area contributed by atoms with Crippen LogP contribution in [0.4, 0.5) is 0 Å². The summed E-state index contributed by atoms with van der Waals surface area (Å²) < 4.78 is 0. The first-order valence-corrected chi connectivity index (χ1v) is 8.61. The Bertz CT molecular complexity index is 323. The summed E-state index contributed by atoms with van der Waals surface area (Å²) in [5, 5.41) is 2.94. The van der Waals surface area contributed by atoms with E-state index in [1.54, 1.807) is 0 Å². The van der Waals surface area contributed by atoms with Gasteiger partial charge in [0.05, 0.1) is 5.92 Å². The molecule has 0 radical (unpaired) electrons. The van der Waals surface area contributed by atoms with Gasteiger partial charge in [0.25, 0.3) is 0 Å². The third kappa shape index (κ3) is 5.24. The topological polar surface area (TPSA) is 61.6 Å². The van der Waals surface area contributed by atoms with Gasteiger partial charge in [0, 0.05) is 25.7 Å². The van der Waals surface area contributed by atoms with Gasteiger partial charge in [-0.3, -0.25) is 4.79 Å². The van der Waals surface area contributed by atoms with Crippen molar-refractivity contribution in [3.8, 4) is 0 Å². The Morgan fingerprint density at radius 1 is 1.24 bits per heavy atom. The van der Waals surface area contributed by atoms with Gasteiger partial charge in [0.1, 0.15) is 0 Å². The second-order valence-corrected chi connectivity index (χ2v) is 6.64. The molecule has 2 atom stereocenters. The molecule has 0 bridgehead atoms. The van der Waals surface area contributed by atoms with Crippen LogP contribution in [0.3, 0.4) is 0 Å². The van der Waals surface area contributed by atoms with E-state index in [9.17, 15) is 4.79 Å². The van der Waals surface area contributed by atoms with Crippen LogP contribution in [0.25, 0.3) is 0 Å². The van der Waals surface area contributed by atoms with E-state index in [2.05, 4.69) is 22.2 Å². The molecule has 5 nitrogen and oxygen atoms in total. The lowest BCUT2D eigenvalue weighted by molar-refractivity contribution is -0.126. The molecule has 2 aliphatic heterocycles. The number of carbonyl (C=O) groups excluding carboxylic acids is 1. The first kappa shape index (κ1) is 16.7. The lowest BCUT2D eigenvalue weighted by Crippen LogP contribution is -2.45. The highest BCUT2D eigenvalue weighted by atomic mass is 16.1. The van der Waals surface area contributed by atoms with E-state index >= 15 is 0 Å². The highest BCUT2D eigenvalue weighted by molar-refractivity contribution is 5.78. The van der Waals surface area contributed by atoms with E-state index in [0.29, 0.717) is 13.1 Å². The van der Waals surface area contributed by atoms with Crippen LogP contribution in [0.15, 0.2) is 0 Å². The Morgan fingerprint density at radius 3 is 2.86 bits per heavy atom. The molecule has 0 spiro atoms. The number of nitrogens with zero attached hydrogens (tertiary/aromatic N) is 2. The summed E-state index contributed by atoms with van der Waals surface area (Å²) in [7, 11) is 2.25. The van der Waals surface area contributed by atoms with Crippen LogP contribution in [0.2, 0.25) is 0 Å². The number of amides is 1. The molecule has 0 aliphatic carbocycles. The average molecular weight is 296 g/mol. The van der Waals surface area contributed by atoms with Crippen molar-refractivity contribution in [3.05, 3.63) is 0 Å². The highest BCUT2D eigenvalue weighted by Gasteiger charge is 2.26. The van der Waals surface area contributed by atoms with E-state index in [1.165, 1.54) is 32.2 Å². The van der Waals surface area contributed by atoms with Gasteiger partial charge in [-0.05, 0) is 58.8 Å². The second-order valence-electron chi connectivity index (χ2n) is 6.64. The minimum Gasteiger partial charge on any atom is -0.355 e. The monoisotopic (exact) mass is 296 g/mol. The number of likely N-dealkylation sites (tertiary alicyclic amines) is 2. The van der Waals surface area contributed by atoms with Gasteiger partial charge in [-0.1, -0.05) is 6.42 Å². The minimum absolute atomic E-state index is 0.161. The van der Waals surface area contributed by atoms with Gasteiger partial charge in [0.15, 0.2) is 0 Å². The lowest BCUT2D eigenvalue weighted by atomic mass is 9.95. The molecular formula is C16H32N4O. The molecule has 0 aromatic heterocycles. The average Bonchev–Trinajstić information content (AvgIpc) is 2.52. The van der Waals surface area contributed by atoms with E-state index in [0.717, 1.165) is 38.5 Å². The summed E-state index contributed by atoms with van der Waals surface area (Å²) in [5.41, 5.74) is 5.45. The molecule has 1 amide bonds. The van der Waals surface area contributed by atoms with Crippen LogP contribution >= 0.6 is 0 Å². The number of piperidine rings is 2. The van der Waals surface area contributed by atoms with Gasteiger partial charge in [-0.2, -0.15) is 0 Å². The maximum atomic E-state index is 12.1. The van der Waals surface area contributed by atoms with Crippen molar-refractivity contribution < 1.29 is 4.79 Å². The summed E-state index contributed by atoms with van der Waals surface area (Å²) in [6.07, 6.45) is 7.47. The first-order valence-electron chi connectivity index (χ1n) is 8.61. The molecule has 3 N–H and O–H groups in total. The second kappa shape index (κ2) is 8.71. The summed E-state index contributed by atoms with van der Waals surface area (Å²) in [6, 6.07) is 0.741. The standard InChI is InChI=1S/C16H32N4O/c1-19-10-3-2-6-15(19)7-12-20-11-4-5-14(13-20)16(21)18-9-8-17/h14-15H,2-13,17H2,1H3,(H,18,21). The van der Waals surface area contributed by atoms with E-state index in [4.69, 9.17) is 5.73 Å². The number of hydrogen-bond donors (Lipinski definition) is 2. The Kier molecular flexibility index (Phi) is 6.93. The fourth-order valence-electron chi connectivity index (χ4n) is 3.65. The van der Waals surface area contributed by atoms with Crippen molar-refractivity contribution in [2.75, 3.05) is 46.3 Å². The molecule has 2 fully saturated rings. The molecule has 2 saturated heterocycles. The lowest BCUT2D eigenvalue weighted by Gasteiger charge is -2.36. The van der Waals surface area contributed by atoms with Crippen molar-refractivity contribution in [2.24, 2.45) is 11.7 Å². The quantitative estimate of drug-likeness (QED) is 0.755. The largest absolute Gasteiger partial charge is 0.355 e. The zero-order valence-electron chi connectivity index (χ0n) is 13.5. The van der Waals surface area contributed by atoms with Gasteiger partial charge in [-0.15, -0.1) is 0 Å². The summed E-state index contributed by atoms with van der Waals surface area (Å²) in [5.74, 6) is 0.356. The van der Waals surface area contributed by atoms with Crippen molar-refractivity contribution in [1.82, 2.24) is 15.1 Å². The molecule has 2 heterocycles. The van der Waals surface area contributed by atoms with Crippen molar-refractivity contribution in [2.45, 2.75) is 44.6 Å². The smallest absolute Gasteiger partial charge is 0.224 e. The SMILES string of the molecule is CN1CCCCC1CCN1CCCC(C(=O)NCCN)C1. The Hall–Kier alpha value is -0.650. The third-order valence-corrected chi connectivity index (χ3v) is 5.02. The fourth-order valence-corrected chi connectivity index (χ4v) is 3.65. The van der Waals surface area contributed by atoms with Crippen LogP contribution in [0.1, 0.15) is 38.5 Å². The van der Waals surface area contributed by atoms with Crippen LogP contribution < -0.4 is 11.1 Å². The number of hydrogen-bond acceptors (Lipinski definition) is 4. The van der Waals surface area contributed by atoms with Gasteiger partial charge in [0.2, 0.25) is 5.91 Å². The molecule has 2 unspecified atom stereocenters. The Morgan fingerprint density at radius 2 is 2.10 bits per heavy atom. The molecule has 0 saturated carbocycles. The zero-order chi connectivity index (χ0) is 15.1. The van der Waals surface area contributed by atoms with Crippen LogP contribution in [-0.4, -0.2) is 68.1 Å². The first-order chi connectivity index (χ1) is 10.2. The maximum absolute atomic E-state index is 12.1. The Balaban J connectivity index is 1.72. The normalized spacial score (nSPS) is 28.5. The number of rotatable bonds is 6. The zero-order valence-corrected chi connectivity index (χ0v) is 13.5. The van der Waals surface area contributed by atoms with Crippen molar-refractivity contribution in [3.63, 3.8) is 0 Å². The Labute approximate surface area is 129 Å². The minimum atomic E-state index is 0.161. The van der Waals surface area contributed by atoms with Gasteiger partial charge < -0.3 is 20.9 Å². The van der Waals surface area contributed by atoms with E-state index in [-0.39, 0.29) is 11.8 Å². The molecule has 0 aromatic carbocycles.